The molecular formula is C19H24N4O2. The van der Waals surface area contributed by atoms with Crippen LogP contribution < -0.4 is 9.47 Å². The maximum atomic E-state index is 5.14. The van der Waals surface area contributed by atoms with Gasteiger partial charge in [-0.3, -0.25) is 10.0 Å². The molecular weight excluding hydrogens is 316 g/mol. The highest BCUT2D eigenvalue weighted by Gasteiger charge is 1.98. The Morgan fingerprint density at radius 1 is 0.720 bits per heavy atom. The van der Waals surface area contributed by atoms with E-state index in [2.05, 4.69) is 10.2 Å². The van der Waals surface area contributed by atoms with Crippen molar-refractivity contribution in [3.05, 3.63) is 59.7 Å². The third-order valence-electron chi connectivity index (χ3n) is 3.45. The number of nitrogens with zero attached hydrogens (tertiary/aromatic N) is 4. The molecule has 0 aliphatic rings. The Bertz CT molecular complexity index is 635. The van der Waals surface area contributed by atoms with Crippen molar-refractivity contribution >= 4 is 12.4 Å². The summed E-state index contributed by atoms with van der Waals surface area (Å²) in [5.74, 6) is 1.66. The molecule has 0 aromatic heterocycles. The van der Waals surface area contributed by atoms with E-state index in [9.17, 15) is 0 Å². The van der Waals surface area contributed by atoms with Gasteiger partial charge in [0.2, 0.25) is 0 Å². The highest BCUT2D eigenvalue weighted by Crippen LogP contribution is 2.10. The van der Waals surface area contributed by atoms with Gasteiger partial charge in [0.15, 0.2) is 0 Å². The summed E-state index contributed by atoms with van der Waals surface area (Å²) in [6, 6.07) is 15.5. The molecule has 0 unspecified atom stereocenters. The van der Waals surface area contributed by atoms with E-state index < -0.39 is 0 Å². The van der Waals surface area contributed by atoms with Crippen molar-refractivity contribution in [2.45, 2.75) is 0 Å². The first kappa shape index (κ1) is 18.3. The summed E-state index contributed by atoms with van der Waals surface area (Å²) in [7, 11) is 7.11. The summed E-state index contributed by atoms with van der Waals surface area (Å²) in [5, 5.41) is 12.4. The van der Waals surface area contributed by atoms with Crippen LogP contribution in [0.25, 0.3) is 0 Å². The van der Waals surface area contributed by atoms with Crippen molar-refractivity contribution in [3.63, 3.8) is 0 Å². The fraction of sp³-hybridized carbons (Fsp3) is 0.263. The SMILES string of the molecule is COc1ccc(C=NN(C)CN(C)/N=C/c2ccc(OC)cc2)cc1. The number of methoxy groups -OCH3 is 2. The topological polar surface area (TPSA) is 49.7 Å². The van der Waals surface area contributed by atoms with Gasteiger partial charge in [0.25, 0.3) is 0 Å². The fourth-order valence-corrected chi connectivity index (χ4v) is 2.08. The second-order valence-electron chi connectivity index (χ2n) is 5.49. The number of hydrogen-bond donors (Lipinski definition) is 0. The predicted molar refractivity (Wildman–Crippen MR) is 102 cm³/mol. The van der Waals surface area contributed by atoms with E-state index in [-0.39, 0.29) is 0 Å². The van der Waals surface area contributed by atoms with Gasteiger partial charge < -0.3 is 9.47 Å². The van der Waals surface area contributed by atoms with Gasteiger partial charge in [-0.1, -0.05) is 0 Å². The standard InChI is InChI=1S/C19H24N4O2/c1-22(20-13-16-5-9-18(24-3)10-6-16)15-23(2)21-14-17-7-11-19(25-4)12-8-17/h5-14H,15H2,1-4H3/b20-13+,21-14?. The third kappa shape index (κ3) is 6.18. The molecule has 6 heteroatoms. The quantitative estimate of drug-likeness (QED) is 0.421. The molecule has 0 N–H and O–H groups in total. The van der Waals surface area contributed by atoms with E-state index in [4.69, 9.17) is 9.47 Å². The number of benzene rings is 2. The Kier molecular flexibility index (Phi) is 6.83. The summed E-state index contributed by atoms with van der Waals surface area (Å²) in [4.78, 5) is 0. The van der Waals surface area contributed by atoms with E-state index in [1.165, 1.54) is 0 Å². The van der Waals surface area contributed by atoms with Crippen LogP contribution in [-0.2, 0) is 0 Å². The van der Waals surface area contributed by atoms with Gasteiger partial charge >= 0.3 is 0 Å². The molecule has 0 fully saturated rings. The van der Waals surface area contributed by atoms with Gasteiger partial charge in [-0.15, -0.1) is 0 Å². The average molecular weight is 340 g/mol. The molecule has 2 rings (SSSR count). The zero-order valence-corrected chi connectivity index (χ0v) is 15.1. The Balaban J connectivity index is 1.84. The summed E-state index contributed by atoms with van der Waals surface area (Å²) in [5.41, 5.74) is 2.02. The highest BCUT2D eigenvalue weighted by molar-refractivity contribution is 5.80. The predicted octanol–water partition coefficient (Wildman–Crippen LogP) is 2.89. The van der Waals surface area contributed by atoms with Crippen molar-refractivity contribution < 1.29 is 9.47 Å². The van der Waals surface area contributed by atoms with Crippen molar-refractivity contribution in [2.75, 3.05) is 35.0 Å². The second kappa shape index (κ2) is 9.32. The van der Waals surface area contributed by atoms with Crippen LogP contribution >= 0.6 is 0 Å². The van der Waals surface area contributed by atoms with Crippen LogP contribution in [0, 0.1) is 0 Å². The smallest absolute Gasteiger partial charge is 0.122 e. The van der Waals surface area contributed by atoms with Crippen molar-refractivity contribution in [2.24, 2.45) is 10.2 Å². The van der Waals surface area contributed by atoms with E-state index in [1.54, 1.807) is 26.6 Å². The first-order valence-electron chi connectivity index (χ1n) is 7.89. The molecule has 0 bridgehead atoms. The Morgan fingerprint density at radius 3 is 1.40 bits per heavy atom. The minimum absolute atomic E-state index is 0.569. The van der Waals surface area contributed by atoms with Crippen LogP contribution in [0.4, 0.5) is 0 Å². The molecule has 0 spiro atoms. The van der Waals surface area contributed by atoms with Crippen molar-refractivity contribution in [3.8, 4) is 11.5 Å². The molecule has 0 amide bonds. The van der Waals surface area contributed by atoms with E-state index in [1.807, 2.05) is 72.6 Å². The van der Waals surface area contributed by atoms with Crippen LogP contribution in [0.5, 0.6) is 11.5 Å². The Hall–Kier alpha value is -3.02. The first-order chi connectivity index (χ1) is 12.1. The zero-order valence-electron chi connectivity index (χ0n) is 15.1. The fourth-order valence-electron chi connectivity index (χ4n) is 2.08. The van der Waals surface area contributed by atoms with Crippen molar-refractivity contribution in [1.82, 2.24) is 10.0 Å². The van der Waals surface area contributed by atoms with Crippen LogP contribution in [0.3, 0.4) is 0 Å². The molecule has 132 valence electrons. The Labute approximate surface area is 149 Å². The number of ether oxygens (including phenoxy) is 2. The molecule has 0 saturated heterocycles. The maximum absolute atomic E-state index is 5.14. The van der Waals surface area contributed by atoms with Gasteiger partial charge in [0.1, 0.15) is 18.2 Å². The Morgan fingerprint density at radius 2 is 1.08 bits per heavy atom. The molecule has 25 heavy (non-hydrogen) atoms. The molecule has 0 aliphatic heterocycles. The van der Waals surface area contributed by atoms with Crippen molar-refractivity contribution in [1.29, 1.82) is 0 Å². The molecule has 0 heterocycles. The van der Waals surface area contributed by atoms with E-state index in [0.717, 1.165) is 22.6 Å². The largest absolute Gasteiger partial charge is 0.497 e. The third-order valence-corrected chi connectivity index (χ3v) is 3.45. The van der Waals surface area contributed by atoms with Gasteiger partial charge in [-0.05, 0) is 59.7 Å². The molecule has 0 radical (unpaired) electrons. The number of rotatable bonds is 8. The summed E-state index contributed by atoms with van der Waals surface area (Å²) >= 11 is 0. The molecule has 2 aromatic rings. The highest BCUT2D eigenvalue weighted by atomic mass is 16.5. The van der Waals surface area contributed by atoms with Crippen LogP contribution in [-0.4, -0.2) is 57.4 Å². The summed E-state index contributed by atoms with van der Waals surface area (Å²) in [6.45, 7) is 0.569. The van der Waals surface area contributed by atoms with Gasteiger partial charge in [-0.2, -0.15) is 10.2 Å². The van der Waals surface area contributed by atoms with Gasteiger partial charge in [0, 0.05) is 14.1 Å². The minimum Gasteiger partial charge on any atom is -0.497 e. The minimum atomic E-state index is 0.569. The normalized spacial score (nSPS) is 11.0. The molecule has 2 aromatic carbocycles. The number of hydrazone groups is 2. The van der Waals surface area contributed by atoms with E-state index in [0.29, 0.717) is 6.67 Å². The lowest BCUT2D eigenvalue weighted by molar-refractivity contribution is 0.196. The van der Waals surface area contributed by atoms with Gasteiger partial charge in [0.05, 0.1) is 26.6 Å². The monoisotopic (exact) mass is 340 g/mol. The van der Waals surface area contributed by atoms with E-state index >= 15 is 0 Å². The van der Waals surface area contributed by atoms with Crippen LogP contribution in [0.2, 0.25) is 0 Å². The van der Waals surface area contributed by atoms with Crippen LogP contribution in [0.1, 0.15) is 11.1 Å². The second-order valence-corrected chi connectivity index (χ2v) is 5.49. The zero-order chi connectivity index (χ0) is 18.1. The summed E-state index contributed by atoms with van der Waals surface area (Å²) < 4.78 is 10.3. The lowest BCUT2D eigenvalue weighted by Crippen LogP contribution is -2.26. The lowest BCUT2D eigenvalue weighted by atomic mass is 10.2. The maximum Gasteiger partial charge on any atom is 0.122 e. The lowest BCUT2D eigenvalue weighted by Gasteiger charge is -2.19. The molecule has 6 nitrogen and oxygen atoms in total. The number of hydrogen-bond acceptors (Lipinski definition) is 6. The first-order valence-corrected chi connectivity index (χ1v) is 7.89. The molecule has 0 aliphatic carbocycles. The van der Waals surface area contributed by atoms with Gasteiger partial charge in [-0.25, -0.2) is 0 Å². The average Bonchev–Trinajstić information content (AvgIpc) is 2.65. The van der Waals surface area contributed by atoms with Crippen LogP contribution in [0.15, 0.2) is 58.7 Å². The summed E-state index contributed by atoms with van der Waals surface area (Å²) in [6.07, 6.45) is 3.61. The molecule has 0 saturated carbocycles. The molecule has 0 atom stereocenters.